The van der Waals surface area contributed by atoms with E-state index >= 15 is 0 Å². The zero-order valence-electron chi connectivity index (χ0n) is 19.4. The van der Waals surface area contributed by atoms with Crippen LogP contribution in [0.4, 0.5) is 0 Å². The average Bonchev–Trinajstić information content (AvgIpc) is 3.28. The third kappa shape index (κ3) is 4.10. The van der Waals surface area contributed by atoms with Gasteiger partial charge in [0.05, 0.1) is 5.56 Å². The van der Waals surface area contributed by atoms with Crippen molar-refractivity contribution >= 4 is 17.5 Å². The van der Waals surface area contributed by atoms with Crippen molar-refractivity contribution in [1.82, 2.24) is 24.5 Å². The molecule has 1 saturated heterocycles. The third-order valence-electron chi connectivity index (χ3n) is 7.01. The minimum atomic E-state index is -0.174. The van der Waals surface area contributed by atoms with E-state index in [1.165, 1.54) is 6.33 Å². The number of likely N-dealkylation sites (tertiary alicyclic amines) is 1. The molecular formula is C25H29N5O3. The number of ketones is 1. The molecule has 2 atom stereocenters. The van der Waals surface area contributed by atoms with Gasteiger partial charge in [0.15, 0.2) is 5.78 Å². The number of Topliss-reactive ketones (excluding diaryl/α,β-unsaturated/α-hetero) is 1. The first-order chi connectivity index (χ1) is 15.9. The SMILES string of the molecule is Cc1ccc2c(c1)C(=O)CC(C1CCCN(C(=O)CCc3c(C)nc4ncnn4c3C)C1)O2. The molecule has 2 aliphatic heterocycles. The second kappa shape index (κ2) is 8.57. The Balaban J connectivity index is 1.24. The standard InChI is InChI=1S/C25H29N5O3/c1-15-6-8-22-20(11-15)21(31)12-23(33-22)18-5-4-10-29(13-18)24(32)9-7-19-16(2)28-25-26-14-27-30(25)17(19)3/h6,8,11,14,18,23H,4-5,7,9-10,12-13H2,1-3H3. The molecule has 0 bridgehead atoms. The van der Waals surface area contributed by atoms with Gasteiger partial charge in [0.25, 0.3) is 5.78 Å². The zero-order valence-corrected chi connectivity index (χ0v) is 19.4. The molecule has 2 aromatic heterocycles. The Morgan fingerprint density at radius 1 is 1.24 bits per heavy atom. The van der Waals surface area contributed by atoms with Crippen molar-refractivity contribution in [3.8, 4) is 5.75 Å². The molecule has 2 unspecified atom stereocenters. The molecule has 0 aliphatic carbocycles. The highest BCUT2D eigenvalue weighted by molar-refractivity contribution is 6.00. The Morgan fingerprint density at radius 3 is 2.94 bits per heavy atom. The van der Waals surface area contributed by atoms with Gasteiger partial charge in [-0.05, 0) is 57.7 Å². The van der Waals surface area contributed by atoms with Gasteiger partial charge in [-0.2, -0.15) is 10.1 Å². The van der Waals surface area contributed by atoms with E-state index in [0.717, 1.165) is 41.9 Å². The molecule has 0 N–H and O–H groups in total. The van der Waals surface area contributed by atoms with Crippen LogP contribution < -0.4 is 4.74 Å². The first-order valence-corrected chi connectivity index (χ1v) is 11.6. The average molecular weight is 448 g/mol. The number of aryl methyl sites for hydroxylation is 3. The van der Waals surface area contributed by atoms with Gasteiger partial charge in [-0.15, -0.1) is 0 Å². The lowest BCUT2D eigenvalue weighted by Gasteiger charge is -2.38. The van der Waals surface area contributed by atoms with Gasteiger partial charge >= 0.3 is 0 Å². The molecule has 1 fully saturated rings. The number of piperidine rings is 1. The van der Waals surface area contributed by atoms with Crippen molar-refractivity contribution in [2.24, 2.45) is 5.92 Å². The molecule has 4 heterocycles. The number of amides is 1. The van der Waals surface area contributed by atoms with E-state index in [4.69, 9.17) is 4.74 Å². The maximum atomic E-state index is 13.1. The molecule has 172 valence electrons. The zero-order chi connectivity index (χ0) is 23.1. The Morgan fingerprint density at radius 2 is 2.09 bits per heavy atom. The highest BCUT2D eigenvalue weighted by Gasteiger charge is 2.35. The van der Waals surface area contributed by atoms with Gasteiger partial charge in [-0.25, -0.2) is 9.50 Å². The lowest BCUT2D eigenvalue weighted by Crippen LogP contribution is -2.46. The van der Waals surface area contributed by atoms with Crippen molar-refractivity contribution < 1.29 is 14.3 Å². The van der Waals surface area contributed by atoms with E-state index < -0.39 is 0 Å². The Labute approximate surface area is 193 Å². The maximum Gasteiger partial charge on any atom is 0.252 e. The number of carbonyl (C=O) groups excluding carboxylic acids is 2. The number of carbonyl (C=O) groups is 2. The molecular weight excluding hydrogens is 418 g/mol. The van der Waals surface area contributed by atoms with E-state index in [1.54, 1.807) is 4.52 Å². The van der Waals surface area contributed by atoms with Crippen LogP contribution in [0, 0.1) is 26.7 Å². The summed E-state index contributed by atoms with van der Waals surface area (Å²) in [5.74, 6) is 1.69. The van der Waals surface area contributed by atoms with E-state index in [0.29, 0.717) is 42.9 Å². The van der Waals surface area contributed by atoms with Crippen LogP contribution in [0.3, 0.4) is 0 Å². The minimum absolute atomic E-state index is 0.135. The highest BCUT2D eigenvalue weighted by Crippen LogP contribution is 2.34. The van der Waals surface area contributed by atoms with E-state index in [1.807, 2.05) is 43.9 Å². The summed E-state index contributed by atoms with van der Waals surface area (Å²) < 4.78 is 7.96. The summed E-state index contributed by atoms with van der Waals surface area (Å²) in [4.78, 5) is 36.4. The fraction of sp³-hybridized carbons (Fsp3) is 0.480. The van der Waals surface area contributed by atoms with Crippen LogP contribution in [0.25, 0.3) is 5.78 Å². The number of benzene rings is 1. The highest BCUT2D eigenvalue weighted by atomic mass is 16.5. The van der Waals surface area contributed by atoms with Crippen molar-refractivity contribution in [2.75, 3.05) is 13.1 Å². The van der Waals surface area contributed by atoms with Gasteiger partial charge in [0.1, 0.15) is 18.2 Å². The van der Waals surface area contributed by atoms with Gasteiger partial charge < -0.3 is 9.64 Å². The van der Waals surface area contributed by atoms with Crippen LogP contribution in [-0.2, 0) is 11.2 Å². The fourth-order valence-corrected chi connectivity index (χ4v) is 5.17. The summed E-state index contributed by atoms with van der Waals surface area (Å²) in [6.07, 6.45) is 4.63. The molecule has 8 heteroatoms. The Hall–Kier alpha value is -3.29. The van der Waals surface area contributed by atoms with E-state index in [-0.39, 0.29) is 23.7 Å². The van der Waals surface area contributed by atoms with Crippen LogP contribution >= 0.6 is 0 Å². The second-order valence-corrected chi connectivity index (χ2v) is 9.26. The summed E-state index contributed by atoms with van der Waals surface area (Å²) in [6, 6.07) is 5.77. The number of fused-ring (bicyclic) bond motifs is 2. The Bertz CT molecular complexity index is 1230. The van der Waals surface area contributed by atoms with Crippen LogP contribution in [0.5, 0.6) is 5.75 Å². The number of hydrogen-bond acceptors (Lipinski definition) is 6. The van der Waals surface area contributed by atoms with Crippen LogP contribution in [0.1, 0.15) is 58.6 Å². The van der Waals surface area contributed by atoms with E-state index in [2.05, 4.69) is 15.1 Å². The summed E-state index contributed by atoms with van der Waals surface area (Å²) >= 11 is 0. The van der Waals surface area contributed by atoms with Gasteiger partial charge in [-0.3, -0.25) is 9.59 Å². The normalized spacial score (nSPS) is 20.6. The topological polar surface area (TPSA) is 89.7 Å². The predicted octanol–water partition coefficient (Wildman–Crippen LogP) is 3.25. The van der Waals surface area contributed by atoms with Gasteiger partial charge in [-0.1, -0.05) is 11.6 Å². The molecule has 1 aromatic carbocycles. The number of aromatic nitrogens is 4. The summed E-state index contributed by atoms with van der Waals surface area (Å²) in [5, 5.41) is 4.23. The number of ether oxygens (including phenoxy) is 1. The second-order valence-electron chi connectivity index (χ2n) is 9.26. The quantitative estimate of drug-likeness (QED) is 0.610. The van der Waals surface area contributed by atoms with Gasteiger partial charge in [0.2, 0.25) is 5.91 Å². The summed E-state index contributed by atoms with van der Waals surface area (Å²) in [7, 11) is 0. The maximum absolute atomic E-state index is 13.1. The largest absolute Gasteiger partial charge is 0.489 e. The van der Waals surface area contributed by atoms with Crippen molar-refractivity contribution in [3.05, 3.63) is 52.6 Å². The molecule has 1 amide bonds. The summed E-state index contributed by atoms with van der Waals surface area (Å²) in [5.41, 5.74) is 4.65. The smallest absolute Gasteiger partial charge is 0.252 e. The Kier molecular flexibility index (Phi) is 5.60. The fourth-order valence-electron chi connectivity index (χ4n) is 5.17. The lowest BCUT2D eigenvalue weighted by molar-refractivity contribution is -0.133. The van der Waals surface area contributed by atoms with E-state index in [9.17, 15) is 9.59 Å². The molecule has 2 aliphatic rings. The van der Waals surface area contributed by atoms with Crippen molar-refractivity contribution in [2.45, 2.75) is 59.0 Å². The number of hydrogen-bond donors (Lipinski definition) is 0. The van der Waals surface area contributed by atoms with Crippen molar-refractivity contribution in [1.29, 1.82) is 0 Å². The van der Waals surface area contributed by atoms with Crippen LogP contribution in [0.2, 0.25) is 0 Å². The minimum Gasteiger partial charge on any atom is -0.489 e. The summed E-state index contributed by atoms with van der Waals surface area (Å²) in [6.45, 7) is 7.31. The molecule has 0 saturated carbocycles. The number of nitrogens with zero attached hydrogens (tertiary/aromatic N) is 5. The molecule has 33 heavy (non-hydrogen) atoms. The first kappa shape index (κ1) is 21.6. The number of rotatable bonds is 4. The molecule has 0 radical (unpaired) electrons. The first-order valence-electron chi connectivity index (χ1n) is 11.6. The van der Waals surface area contributed by atoms with Gasteiger partial charge in [0, 0.05) is 43.2 Å². The van der Waals surface area contributed by atoms with Crippen LogP contribution in [0.15, 0.2) is 24.5 Å². The van der Waals surface area contributed by atoms with Crippen LogP contribution in [-0.4, -0.2) is 55.4 Å². The molecule has 3 aromatic rings. The molecule has 0 spiro atoms. The monoisotopic (exact) mass is 447 g/mol. The third-order valence-corrected chi connectivity index (χ3v) is 7.01. The van der Waals surface area contributed by atoms with Crippen molar-refractivity contribution in [3.63, 3.8) is 0 Å². The predicted molar refractivity (Wildman–Crippen MR) is 122 cm³/mol. The molecule has 5 rings (SSSR count). The lowest BCUT2D eigenvalue weighted by atomic mass is 9.86. The molecule has 8 nitrogen and oxygen atoms in total.